The van der Waals surface area contributed by atoms with Gasteiger partial charge in [-0.1, -0.05) is 12.7 Å². The van der Waals surface area contributed by atoms with Crippen LogP contribution < -0.4 is 5.32 Å². The number of amides is 1. The van der Waals surface area contributed by atoms with Crippen LogP contribution in [0.5, 0.6) is 0 Å². The minimum absolute atomic E-state index is 0.0396. The molecule has 4 heteroatoms. The number of nitrogens with one attached hydrogen (secondary N) is 1. The zero-order valence-electron chi connectivity index (χ0n) is 7.82. The van der Waals surface area contributed by atoms with Crippen molar-refractivity contribution >= 4 is 11.9 Å². The van der Waals surface area contributed by atoms with Gasteiger partial charge in [0.2, 0.25) is 5.91 Å². The topological polar surface area (TPSA) is 66.4 Å². The van der Waals surface area contributed by atoms with Crippen molar-refractivity contribution < 1.29 is 14.7 Å². The molecule has 0 saturated carbocycles. The molecule has 0 aromatic carbocycles. The molecule has 1 aliphatic heterocycles. The maximum Gasteiger partial charge on any atom is 0.331 e. The highest BCUT2D eigenvalue weighted by atomic mass is 16.4. The van der Waals surface area contributed by atoms with Gasteiger partial charge in [0.25, 0.3) is 0 Å². The second-order valence-corrected chi connectivity index (χ2v) is 3.34. The number of hydrogen-bond acceptors (Lipinski definition) is 2. The predicted molar refractivity (Wildman–Crippen MR) is 51.6 cm³/mol. The summed E-state index contributed by atoms with van der Waals surface area (Å²) in [5, 5.41) is 11.4. The van der Waals surface area contributed by atoms with Gasteiger partial charge in [0.05, 0.1) is 0 Å². The minimum atomic E-state index is -1.02. The van der Waals surface area contributed by atoms with E-state index in [4.69, 9.17) is 5.11 Å². The lowest BCUT2D eigenvalue weighted by Gasteiger charge is -2.34. The van der Waals surface area contributed by atoms with Gasteiger partial charge < -0.3 is 10.4 Å². The Balaban J connectivity index is 2.64. The Morgan fingerprint density at radius 2 is 2.36 bits per heavy atom. The first-order valence-corrected chi connectivity index (χ1v) is 4.38. The molecule has 2 atom stereocenters. The number of aliphatic carboxylic acids is 1. The first-order chi connectivity index (χ1) is 6.56. The normalized spacial score (nSPS) is 21.7. The molecule has 1 rings (SSSR count). The van der Waals surface area contributed by atoms with Crippen LogP contribution in [-0.2, 0) is 9.59 Å². The van der Waals surface area contributed by atoms with Crippen LogP contribution in [0.3, 0.4) is 0 Å². The molecule has 0 aromatic rings. The Hall–Kier alpha value is -1.58. The molecule has 76 valence electrons. The Bertz CT molecular complexity index is 288. The van der Waals surface area contributed by atoms with Crippen molar-refractivity contribution in [2.45, 2.75) is 18.9 Å². The highest BCUT2D eigenvalue weighted by Crippen LogP contribution is 2.25. The summed E-state index contributed by atoms with van der Waals surface area (Å²) in [4.78, 5) is 21.4. The molecule has 1 aliphatic rings. The zero-order chi connectivity index (χ0) is 10.7. The Morgan fingerprint density at radius 3 is 2.71 bits per heavy atom. The maximum atomic E-state index is 10.7. The molecule has 0 spiro atoms. The van der Waals surface area contributed by atoms with E-state index in [1.165, 1.54) is 0 Å². The van der Waals surface area contributed by atoms with E-state index in [0.717, 1.165) is 0 Å². The van der Waals surface area contributed by atoms with Crippen molar-refractivity contribution in [3.63, 3.8) is 0 Å². The third-order valence-corrected chi connectivity index (χ3v) is 2.38. The van der Waals surface area contributed by atoms with Crippen LogP contribution in [0.1, 0.15) is 12.8 Å². The molecule has 1 amide bonds. The summed E-state index contributed by atoms with van der Waals surface area (Å²) in [6.07, 6.45) is 2.55. The predicted octanol–water partition coefficient (Wildman–Crippen LogP) is 0.708. The standard InChI is InChI=1S/C10H13NO3/c1-3-4-7(6(2)10(13)14)8-5-9(12)11-8/h3,7-8H,1-2,4-5H2,(H,11,12)(H,13,14)/t7?,8-/m0/s1. The van der Waals surface area contributed by atoms with Crippen LogP contribution in [0.2, 0.25) is 0 Å². The molecule has 0 aromatic heterocycles. The molecule has 0 radical (unpaired) electrons. The van der Waals surface area contributed by atoms with Gasteiger partial charge >= 0.3 is 5.97 Å². The molecule has 4 nitrogen and oxygen atoms in total. The molecule has 1 fully saturated rings. The lowest BCUT2D eigenvalue weighted by Crippen LogP contribution is -2.53. The fourth-order valence-corrected chi connectivity index (χ4v) is 1.52. The quantitative estimate of drug-likeness (QED) is 0.385. The molecule has 1 heterocycles. The maximum absolute atomic E-state index is 10.7. The average Bonchev–Trinajstić information content (AvgIpc) is 2.08. The van der Waals surface area contributed by atoms with Crippen LogP contribution in [-0.4, -0.2) is 23.0 Å². The van der Waals surface area contributed by atoms with E-state index >= 15 is 0 Å². The summed E-state index contributed by atoms with van der Waals surface area (Å²) in [5.74, 6) is -1.29. The van der Waals surface area contributed by atoms with Crippen molar-refractivity contribution in [1.82, 2.24) is 5.32 Å². The second-order valence-electron chi connectivity index (χ2n) is 3.34. The van der Waals surface area contributed by atoms with E-state index in [2.05, 4.69) is 18.5 Å². The number of carboxylic acid groups (broad SMARTS) is 1. The molecule has 0 bridgehead atoms. The molecule has 14 heavy (non-hydrogen) atoms. The number of carbonyl (C=O) groups excluding carboxylic acids is 1. The largest absolute Gasteiger partial charge is 0.478 e. The van der Waals surface area contributed by atoms with Gasteiger partial charge in [-0.3, -0.25) is 4.79 Å². The van der Waals surface area contributed by atoms with Gasteiger partial charge in [-0.2, -0.15) is 0 Å². The third kappa shape index (κ3) is 2.02. The summed E-state index contributed by atoms with van der Waals surface area (Å²) in [7, 11) is 0. The van der Waals surface area contributed by atoms with Crippen LogP contribution in [0, 0.1) is 5.92 Å². The van der Waals surface area contributed by atoms with E-state index in [9.17, 15) is 9.59 Å². The van der Waals surface area contributed by atoms with Crippen molar-refractivity contribution in [2.75, 3.05) is 0 Å². The Kier molecular flexibility index (Phi) is 3.06. The number of carbonyl (C=O) groups is 2. The van der Waals surface area contributed by atoms with E-state index in [1.807, 2.05) is 0 Å². The number of β-lactam (4-membered cyclic amide) rings is 1. The first kappa shape index (κ1) is 10.5. The third-order valence-electron chi connectivity index (χ3n) is 2.38. The molecular weight excluding hydrogens is 182 g/mol. The summed E-state index contributed by atoms with van der Waals surface area (Å²) < 4.78 is 0. The van der Waals surface area contributed by atoms with Gasteiger partial charge in [-0.05, 0) is 6.42 Å². The van der Waals surface area contributed by atoms with Crippen LogP contribution in [0.4, 0.5) is 0 Å². The second kappa shape index (κ2) is 4.09. The number of rotatable bonds is 5. The summed E-state index contributed by atoms with van der Waals surface area (Å²) in [5.41, 5.74) is 0.134. The van der Waals surface area contributed by atoms with Gasteiger partial charge in [-0.25, -0.2) is 4.79 Å². The zero-order valence-corrected chi connectivity index (χ0v) is 7.82. The first-order valence-electron chi connectivity index (χ1n) is 4.38. The van der Waals surface area contributed by atoms with Gasteiger partial charge in [-0.15, -0.1) is 6.58 Å². The summed E-state index contributed by atoms with van der Waals surface area (Å²) >= 11 is 0. The molecule has 1 unspecified atom stereocenters. The molecule has 0 aliphatic carbocycles. The van der Waals surface area contributed by atoms with Gasteiger partial charge in [0.15, 0.2) is 0 Å². The van der Waals surface area contributed by atoms with E-state index in [1.54, 1.807) is 6.08 Å². The van der Waals surface area contributed by atoms with Crippen molar-refractivity contribution in [2.24, 2.45) is 5.92 Å². The van der Waals surface area contributed by atoms with Crippen LogP contribution in [0.25, 0.3) is 0 Å². The Labute approximate surface area is 82.3 Å². The van der Waals surface area contributed by atoms with E-state index in [0.29, 0.717) is 12.8 Å². The van der Waals surface area contributed by atoms with Gasteiger partial charge in [0, 0.05) is 24.0 Å². The lowest BCUT2D eigenvalue weighted by molar-refractivity contribution is -0.135. The number of carboxylic acids is 1. The van der Waals surface area contributed by atoms with Crippen molar-refractivity contribution in [3.05, 3.63) is 24.8 Å². The molecular formula is C10H13NO3. The van der Waals surface area contributed by atoms with Crippen molar-refractivity contribution in [1.29, 1.82) is 0 Å². The van der Waals surface area contributed by atoms with E-state index < -0.39 is 5.97 Å². The summed E-state index contributed by atoms with van der Waals surface area (Å²) in [6.45, 7) is 7.06. The molecule has 2 N–H and O–H groups in total. The fourth-order valence-electron chi connectivity index (χ4n) is 1.52. The van der Waals surface area contributed by atoms with Gasteiger partial charge in [0.1, 0.15) is 0 Å². The van der Waals surface area contributed by atoms with Crippen LogP contribution in [0.15, 0.2) is 24.8 Å². The smallest absolute Gasteiger partial charge is 0.331 e. The number of hydrogen-bond donors (Lipinski definition) is 2. The van der Waals surface area contributed by atoms with Crippen LogP contribution >= 0.6 is 0 Å². The van der Waals surface area contributed by atoms with E-state index in [-0.39, 0.29) is 23.4 Å². The lowest BCUT2D eigenvalue weighted by atomic mass is 9.83. The monoisotopic (exact) mass is 195 g/mol. The number of allylic oxidation sites excluding steroid dienone is 1. The van der Waals surface area contributed by atoms with Crippen molar-refractivity contribution in [3.8, 4) is 0 Å². The highest BCUT2D eigenvalue weighted by molar-refractivity contribution is 5.88. The molecule has 1 saturated heterocycles. The minimum Gasteiger partial charge on any atom is -0.478 e. The fraction of sp³-hybridized carbons (Fsp3) is 0.400. The average molecular weight is 195 g/mol. The summed E-state index contributed by atoms with van der Waals surface area (Å²) in [6, 6.07) is -0.0934. The highest BCUT2D eigenvalue weighted by Gasteiger charge is 2.35. The SMILES string of the molecule is C=CCC(C(=C)C(=O)O)[C@@H]1CC(=O)N1. The Morgan fingerprint density at radius 1 is 1.79 bits per heavy atom.